The van der Waals surface area contributed by atoms with Gasteiger partial charge in [-0.25, -0.2) is 9.59 Å². The van der Waals surface area contributed by atoms with Gasteiger partial charge in [-0.05, 0) is 37.1 Å². The summed E-state index contributed by atoms with van der Waals surface area (Å²) in [5.41, 5.74) is 1.03. The zero-order valence-electron chi connectivity index (χ0n) is 21.4. The summed E-state index contributed by atoms with van der Waals surface area (Å²) in [6, 6.07) is 13.4. The number of ether oxygens (including phenoxy) is 1. The second kappa shape index (κ2) is 13.3. The molecule has 8 nitrogen and oxygen atoms in total. The summed E-state index contributed by atoms with van der Waals surface area (Å²) in [6.07, 6.45) is 8.03. The van der Waals surface area contributed by atoms with Gasteiger partial charge in [0.05, 0.1) is 11.3 Å². The van der Waals surface area contributed by atoms with E-state index in [0.29, 0.717) is 27.1 Å². The van der Waals surface area contributed by atoms with Crippen LogP contribution < -0.4 is 16.3 Å². The van der Waals surface area contributed by atoms with Gasteiger partial charge in [-0.1, -0.05) is 44.2 Å². The highest BCUT2D eigenvalue weighted by molar-refractivity contribution is 8.00. The second-order valence-electron chi connectivity index (χ2n) is 9.45. The minimum absolute atomic E-state index is 0.0372. The Morgan fingerprint density at radius 3 is 2.50 bits per heavy atom. The Morgan fingerprint density at radius 2 is 1.74 bits per heavy atom. The van der Waals surface area contributed by atoms with E-state index in [0.717, 1.165) is 25.7 Å². The van der Waals surface area contributed by atoms with Crippen LogP contribution in [0.4, 0.5) is 5.69 Å². The summed E-state index contributed by atoms with van der Waals surface area (Å²) in [7, 11) is 0. The van der Waals surface area contributed by atoms with Gasteiger partial charge in [0.25, 0.3) is 0 Å². The lowest BCUT2D eigenvalue weighted by molar-refractivity contribution is -0.119. The number of benzene rings is 2. The van der Waals surface area contributed by atoms with Crippen LogP contribution in [0.3, 0.4) is 0 Å². The SMILES string of the molecule is CC(=O)Nc1ccc2c(COC(=O)c3ccccc3SCC(=O)NC3CCCCCCC3)cc(=O)oc2c1. The Hall–Kier alpha value is -3.59. The van der Waals surface area contributed by atoms with Crippen molar-refractivity contribution >= 4 is 46.2 Å². The molecule has 1 aliphatic rings. The first-order valence-electron chi connectivity index (χ1n) is 12.9. The topological polar surface area (TPSA) is 115 Å². The van der Waals surface area contributed by atoms with E-state index < -0.39 is 11.6 Å². The molecular weight excluding hydrogens is 504 g/mol. The molecule has 1 saturated carbocycles. The van der Waals surface area contributed by atoms with Gasteiger partial charge in [0.2, 0.25) is 11.8 Å². The van der Waals surface area contributed by atoms with Gasteiger partial charge in [-0.3, -0.25) is 9.59 Å². The molecule has 0 spiro atoms. The number of hydrogen-bond acceptors (Lipinski definition) is 7. The molecule has 0 unspecified atom stereocenters. The molecule has 1 fully saturated rings. The van der Waals surface area contributed by atoms with Crippen molar-refractivity contribution in [3.05, 3.63) is 70.1 Å². The van der Waals surface area contributed by atoms with Gasteiger partial charge in [0, 0.05) is 46.6 Å². The number of carbonyl (C=O) groups excluding carboxylic acids is 3. The maximum absolute atomic E-state index is 13.0. The lowest BCUT2D eigenvalue weighted by Gasteiger charge is -2.21. The summed E-state index contributed by atoms with van der Waals surface area (Å²) in [5.74, 6) is -0.623. The lowest BCUT2D eigenvalue weighted by atomic mass is 9.97. The molecule has 1 aromatic heterocycles. The molecule has 2 amide bonds. The molecule has 9 heteroatoms. The first kappa shape index (κ1) is 27.4. The number of esters is 1. The van der Waals surface area contributed by atoms with E-state index in [1.807, 2.05) is 6.07 Å². The molecule has 0 atom stereocenters. The molecule has 3 aromatic rings. The number of hydrogen-bond donors (Lipinski definition) is 2. The van der Waals surface area contributed by atoms with E-state index in [-0.39, 0.29) is 35.8 Å². The number of thioether (sulfide) groups is 1. The second-order valence-corrected chi connectivity index (χ2v) is 10.5. The van der Waals surface area contributed by atoms with Crippen LogP contribution in [0.5, 0.6) is 0 Å². The minimum atomic E-state index is -0.588. The van der Waals surface area contributed by atoms with Crippen LogP contribution in [0.15, 0.2) is 62.6 Å². The van der Waals surface area contributed by atoms with E-state index >= 15 is 0 Å². The predicted octanol–water partition coefficient (Wildman–Crippen LogP) is 5.43. The fourth-order valence-electron chi connectivity index (χ4n) is 4.63. The molecule has 0 bridgehead atoms. The standard InChI is InChI=1S/C29H32N2O6S/c1-19(32)30-22-13-14-23-20(15-28(34)37-25(23)16-22)17-36-29(35)24-11-7-8-12-26(24)38-18-27(33)31-21-9-5-3-2-4-6-10-21/h7-8,11-16,21H,2-6,9-10,17-18H2,1H3,(H,30,32)(H,31,33). The largest absolute Gasteiger partial charge is 0.457 e. The van der Waals surface area contributed by atoms with Crippen molar-refractivity contribution in [2.75, 3.05) is 11.1 Å². The molecule has 0 aliphatic heterocycles. The number of anilines is 1. The van der Waals surface area contributed by atoms with E-state index in [1.165, 1.54) is 44.0 Å². The number of amides is 2. The Kier molecular flexibility index (Phi) is 9.59. The van der Waals surface area contributed by atoms with Gasteiger partial charge in [-0.2, -0.15) is 0 Å². The first-order chi connectivity index (χ1) is 18.4. The zero-order chi connectivity index (χ0) is 26.9. The van der Waals surface area contributed by atoms with Crippen molar-refractivity contribution in [1.29, 1.82) is 0 Å². The van der Waals surface area contributed by atoms with Crippen molar-refractivity contribution in [1.82, 2.24) is 5.32 Å². The fraction of sp³-hybridized carbons (Fsp3) is 0.379. The van der Waals surface area contributed by atoms with Crippen LogP contribution in [0.25, 0.3) is 11.0 Å². The normalized spacial score (nSPS) is 14.3. The van der Waals surface area contributed by atoms with Gasteiger partial charge in [0.15, 0.2) is 0 Å². The quantitative estimate of drug-likeness (QED) is 0.224. The van der Waals surface area contributed by atoms with E-state index in [2.05, 4.69) is 10.6 Å². The van der Waals surface area contributed by atoms with E-state index in [4.69, 9.17) is 9.15 Å². The van der Waals surface area contributed by atoms with Crippen molar-refractivity contribution in [2.45, 2.75) is 69.4 Å². The number of nitrogens with one attached hydrogen (secondary N) is 2. The molecule has 2 N–H and O–H groups in total. The van der Waals surface area contributed by atoms with Gasteiger partial charge >= 0.3 is 11.6 Å². The molecule has 1 heterocycles. The molecular formula is C29H32N2O6S. The Bertz CT molecular complexity index is 1360. The maximum atomic E-state index is 13.0. The number of fused-ring (bicyclic) bond motifs is 1. The maximum Gasteiger partial charge on any atom is 0.339 e. The molecule has 0 radical (unpaired) electrons. The Balaban J connectivity index is 1.39. The van der Waals surface area contributed by atoms with Crippen LogP contribution in [0, 0.1) is 0 Å². The zero-order valence-corrected chi connectivity index (χ0v) is 22.2. The van der Waals surface area contributed by atoms with Crippen LogP contribution in [-0.4, -0.2) is 29.6 Å². The highest BCUT2D eigenvalue weighted by atomic mass is 32.2. The third-order valence-corrected chi connectivity index (χ3v) is 7.52. The smallest absolute Gasteiger partial charge is 0.339 e. The minimum Gasteiger partial charge on any atom is -0.457 e. The van der Waals surface area contributed by atoms with E-state index in [9.17, 15) is 19.2 Å². The summed E-state index contributed by atoms with van der Waals surface area (Å²) in [4.78, 5) is 49.7. The molecule has 4 rings (SSSR count). The molecule has 2 aromatic carbocycles. The third-order valence-electron chi connectivity index (χ3n) is 6.45. The van der Waals surface area contributed by atoms with Crippen LogP contribution >= 0.6 is 11.8 Å². The summed E-state index contributed by atoms with van der Waals surface area (Å²) < 4.78 is 10.8. The van der Waals surface area contributed by atoms with Crippen molar-refractivity contribution < 1.29 is 23.5 Å². The van der Waals surface area contributed by atoms with Crippen LogP contribution in [0.1, 0.15) is 67.8 Å². The van der Waals surface area contributed by atoms with Crippen molar-refractivity contribution in [2.24, 2.45) is 0 Å². The van der Waals surface area contributed by atoms with Crippen LogP contribution in [-0.2, 0) is 20.9 Å². The van der Waals surface area contributed by atoms with Crippen LogP contribution in [0.2, 0.25) is 0 Å². The molecule has 200 valence electrons. The number of carbonyl (C=O) groups is 3. The average molecular weight is 537 g/mol. The summed E-state index contributed by atoms with van der Waals surface area (Å²) in [5, 5.41) is 6.39. The van der Waals surface area contributed by atoms with Crippen molar-refractivity contribution in [3.8, 4) is 0 Å². The summed E-state index contributed by atoms with van der Waals surface area (Å²) in [6.45, 7) is 1.25. The number of rotatable bonds is 8. The molecule has 1 aliphatic carbocycles. The fourth-order valence-corrected chi connectivity index (χ4v) is 5.48. The van der Waals surface area contributed by atoms with E-state index in [1.54, 1.807) is 36.4 Å². The third kappa shape index (κ3) is 7.71. The van der Waals surface area contributed by atoms with Crippen molar-refractivity contribution in [3.63, 3.8) is 0 Å². The monoisotopic (exact) mass is 536 g/mol. The van der Waals surface area contributed by atoms with Gasteiger partial charge in [-0.15, -0.1) is 11.8 Å². The highest BCUT2D eigenvalue weighted by Crippen LogP contribution is 2.26. The van der Waals surface area contributed by atoms with Gasteiger partial charge < -0.3 is 19.8 Å². The summed E-state index contributed by atoms with van der Waals surface area (Å²) >= 11 is 1.30. The Labute approximate surface area is 225 Å². The Morgan fingerprint density at radius 1 is 1.00 bits per heavy atom. The molecule has 38 heavy (non-hydrogen) atoms. The van der Waals surface area contributed by atoms with Gasteiger partial charge in [0.1, 0.15) is 12.2 Å². The average Bonchev–Trinajstić information content (AvgIpc) is 2.87. The predicted molar refractivity (Wildman–Crippen MR) is 147 cm³/mol. The lowest BCUT2D eigenvalue weighted by Crippen LogP contribution is -2.36. The highest BCUT2D eigenvalue weighted by Gasteiger charge is 2.18. The first-order valence-corrected chi connectivity index (χ1v) is 13.9. The molecule has 0 saturated heterocycles.